The zero-order valence-corrected chi connectivity index (χ0v) is 15.6. The van der Waals surface area contributed by atoms with Crippen LogP contribution < -0.4 is 0 Å². The smallest absolute Gasteiger partial charge is 0.115 e. The second-order valence-corrected chi connectivity index (χ2v) is 5.97. The second kappa shape index (κ2) is 14.6. The van der Waals surface area contributed by atoms with Gasteiger partial charge in [0.1, 0.15) is 11.5 Å². The zero-order valence-electron chi connectivity index (χ0n) is 15.6. The standard InChI is InChI=1S/C12H18.2C6H6O/c1-2-3-4-6-9-12-10-7-5-8-11-12;2*7-6-4-2-1-3-5-6/h5,7-8,10-11H,2-4,6,9H2,1H3;2*1-5,7H. The quantitative estimate of drug-likeness (QED) is 0.509. The Kier molecular flexibility index (Phi) is 12.0. The summed E-state index contributed by atoms with van der Waals surface area (Å²) in [6.07, 6.45) is 6.69. The van der Waals surface area contributed by atoms with Crippen molar-refractivity contribution in [1.29, 1.82) is 0 Å². The highest BCUT2D eigenvalue weighted by Gasteiger charge is 1.90. The maximum Gasteiger partial charge on any atom is 0.115 e. The largest absolute Gasteiger partial charge is 0.508 e. The molecular formula is C24H30O2. The van der Waals surface area contributed by atoms with Gasteiger partial charge in [0, 0.05) is 0 Å². The molecule has 0 bridgehead atoms. The molecule has 0 aromatic heterocycles. The summed E-state index contributed by atoms with van der Waals surface area (Å²) >= 11 is 0. The van der Waals surface area contributed by atoms with Crippen molar-refractivity contribution in [2.45, 2.75) is 39.0 Å². The van der Waals surface area contributed by atoms with Crippen LogP contribution >= 0.6 is 0 Å². The lowest BCUT2D eigenvalue weighted by Crippen LogP contribution is -1.84. The molecule has 0 fully saturated rings. The first kappa shape index (κ1) is 21.3. The number of unbranched alkanes of at least 4 members (excludes halogenated alkanes) is 3. The number of benzene rings is 3. The zero-order chi connectivity index (χ0) is 18.9. The maximum atomic E-state index is 8.63. The average Bonchev–Trinajstić information content (AvgIpc) is 2.68. The van der Waals surface area contributed by atoms with Crippen LogP contribution in [0.3, 0.4) is 0 Å². The highest BCUT2D eigenvalue weighted by atomic mass is 16.3. The summed E-state index contributed by atoms with van der Waals surface area (Å²) in [6.45, 7) is 2.25. The average molecular weight is 351 g/mol. The number of hydrogen-bond acceptors (Lipinski definition) is 2. The topological polar surface area (TPSA) is 40.5 Å². The van der Waals surface area contributed by atoms with Crippen molar-refractivity contribution in [1.82, 2.24) is 0 Å². The van der Waals surface area contributed by atoms with Gasteiger partial charge in [-0.3, -0.25) is 0 Å². The predicted molar refractivity (Wildman–Crippen MR) is 111 cm³/mol. The molecule has 0 saturated carbocycles. The number of phenols is 2. The Balaban J connectivity index is 0.000000207. The first-order valence-corrected chi connectivity index (χ1v) is 9.24. The first-order valence-electron chi connectivity index (χ1n) is 9.24. The molecule has 0 aliphatic carbocycles. The van der Waals surface area contributed by atoms with Crippen LogP contribution in [-0.4, -0.2) is 10.2 Å². The SMILES string of the molecule is CCCCCCc1ccccc1.Oc1ccccc1.Oc1ccccc1. The minimum absolute atomic E-state index is 0.322. The van der Waals surface area contributed by atoms with Crippen LogP contribution in [0.1, 0.15) is 38.2 Å². The van der Waals surface area contributed by atoms with Gasteiger partial charge in [0.2, 0.25) is 0 Å². The molecule has 0 saturated heterocycles. The molecule has 3 aromatic rings. The van der Waals surface area contributed by atoms with Crippen LogP contribution in [0.4, 0.5) is 0 Å². The molecule has 2 heteroatoms. The molecule has 0 spiro atoms. The van der Waals surface area contributed by atoms with E-state index >= 15 is 0 Å². The van der Waals surface area contributed by atoms with E-state index in [0.717, 1.165) is 0 Å². The third kappa shape index (κ3) is 11.7. The van der Waals surface area contributed by atoms with Crippen molar-refractivity contribution < 1.29 is 10.2 Å². The van der Waals surface area contributed by atoms with Gasteiger partial charge < -0.3 is 10.2 Å². The Morgan fingerprint density at radius 1 is 0.538 bits per heavy atom. The lowest BCUT2D eigenvalue weighted by atomic mass is 10.1. The molecule has 2 N–H and O–H groups in total. The molecule has 2 nitrogen and oxygen atoms in total. The van der Waals surface area contributed by atoms with Gasteiger partial charge >= 0.3 is 0 Å². The number of aryl methyl sites for hydroxylation is 1. The van der Waals surface area contributed by atoms with Crippen LogP contribution in [0.5, 0.6) is 11.5 Å². The summed E-state index contributed by atoms with van der Waals surface area (Å²) in [5, 5.41) is 17.3. The molecular weight excluding hydrogens is 320 g/mol. The molecule has 0 aliphatic rings. The summed E-state index contributed by atoms with van der Waals surface area (Å²) in [5.41, 5.74) is 1.48. The molecule has 0 aliphatic heterocycles. The van der Waals surface area contributed by atoms with E-state index in [0.29, 0.717) is 11.5 Å². The Morgan fingerprint density at radius 2 is 0.962 bits per heavy atom. The van der Waals surface area contributed by atoms with Crippen molar-refractivity contribution in [2.24, 2.45) is 0 Å². The van der Waals surface area contributed by atoms with E-state index in [4.69, 9.17) is 10.2 Å². The van der Waals surface area contributed by atoms with Crippen LogP contribution in [0.25, 0.3) is 0 Å². The summed E-state index contributed by atoms with van der Waals surface area (Å²) in [5.74, 6) is 0.644. The molecule has 138 valence electrons. The van der Waals surface area contributed by atoms with Gasteiger partial charge in [0.25, 0.3) is 0 Å². The van der Waals surface area contributed by atoms with Gasteiger partial charge in [-0.1, -0.05) is 92.9 Å². The lowest BCUT2D eigenvalue weighted by Gasteiger charge is -1.99. The van der Waals surface area contributed by atoms with Crippen LogP contribution in [0.15, 0.2) is 91.0 Å². The Morgan fingerprint density at radius 3 is 1.31 bits per heavy atom. The monoisotopic (exact) mass is 350 g/mol. The van der Waals surface area contributed by atoms with Gasteiger partial charge in [0.15, 0.2) is 0 Å². The van der Waals surface area contributed by atoms with E-state index in [9.17, 15) is 0 Å². The Hall–Kier alpha value is -2.74. The van der Waals surface area contributed by atoms with E-state index in [2.05, 4.69) is 37.3 Å². The van der Waals surface area contributed by atoms with Crippen molar-refractivity contribution in [3.63, 3.8) is 0 Å². The van der Waals surface area contributed by atoms with Crippen molar-refractivity contribution in [3.8, 4) is 11.5 Å². The van der Waals surface area contributed by atoms with Crippen molar-refractivity contribution in [3.05, 3.63) is 96.6 Å². The van der Waals surface area contributed by atoms with E-state index in [1.54, 1.807) is 48.5 Å². The van der Waals surface area contributed by atoms with E-state index in [1.165, 1.54) is 37.7 Å². The predicted octanol–water partition coefficient (Wildman–Crippen LogP) is 6.59. The van der Waals surface area contributed by atoms with Crippen molar-refractivity contribution in [2.75, 3.05) is 0 Å². The highest BCUT2D eigenvalue weighted by Crippen LogP contribution is 2.07. The number of para-hydroxylation sites is 2. The van der Waals surface area contributed by atoms with E-state index in [1.807, 2.05) is 12.1 Å². The summed E-state index contributed by atoms with van der Waals surface area (Å²) < 4.78 is 0. The second-order valence-electron chi connectivity index (χ2n) is 5.97. The molecule has 0 unspecified atom stereocenters. The third-order valence-electron chi connectivity index (χ3n) is 3.67. The Bertz CT molecular complexity index is 614. The van der Waals surface area contributed by atoms with E-state index in [-0.39, 0.29) is 0 Å². The summed E-state index contributed by atoms with van der Waals surface area (Å²) in [4.78, 5) is 0. The van der Waals surface area contributed by atoms with Gasteiger partial charge in [-0.2, -0.15) is 0 Å². The molecule has 3 aromatic carbocycles. The van der Waals surface area contributed by atoms with Crippen molar-refractivity contribution >= 4 is 0 Å². The summed E-state index contributed by atoms with van der Waals surface area (Å²) in [7, 11) is 0. The summed E-state index contributed by atoms with van der Waals surface area (Å²) in [6, 6.07) is 28.2. The number of hydrogen-bond donors (Lipinski definition) is 2. The molecule has 0 radical (unpaired) electrons. The fraction of sp³-hybridized carbons (Fsp3) is 0.250. The molecule has 3 rings (SSSR count). The minimum Gasteiger partial charge on any atom is -0.508 e. The van der Waals surface area contributed by atoms with Crippen LogP contribution in [0, 0.1) is 0 Å². The van der Waals surface area contributed by atoms with Gasteiger partial charge in [0.05, 0.1) is 0 Å². The minimum atomic E-state index is 0.322. The lowest BCUT2D eigenvalue weighted by molar-refractivity contribution is 0.475. The fourth-order valence-electron chi connectivity index (χ4n) is 2.26. The first-order chi connectivity index (χ1) is 12.7. The molecule has 26 heavy (non-hydrogen) atoms. The molecule has 0 amide bonds. The number of phenolic OH excluding ortho intramolecular Hbond substituents is 2. The number of rotatable bonds is 5. The number of aromatic hydroxyl groups is 2. The van der Waals surface area contributed by atoms with Gasteiger partial charge in [-0.15, -0.1) is 0 Å². The molecule has 0 atom stereocenters. The van der Waals surface area contributed by atoms with E-state index < -0.39 is 0 Å². The third-order valence-corrected chi connectivity index (χ3v) is 3.67. The Labute approximate surface area is 157 Å². The molecule has 0 heterocycles. The van der Waals surface area contributed by atoms with Crippen LogP contribution in [-0.2, 0) is 6.42 Å². The maximum absolute atomic E-state index is 8.63. The highest BCUT2D eigenvalue weighted by molar-refractivity contribution is 5.19. The van der Waals surface area contributed by atoms with Crippen LogP contribution in [0.2, 0.25) is 0 Å². The van der Waals surface area contributed by atoms with Gasteiger partial charge in [-0.25, -0.2) is 0 Å². The normalized spacial score (nSPS) is 9.27. The fourth-order valence-corrected chi connectivity index (χ4v) is 2.26. The van der Waals surface area contributed by atoms with Gasteiger partial charge in [-0.05, 0) is 42.7 Å².